The molecule has 0 bridgehead atoms. The predicted molar refractivity (Wildman–Crippen MR) is 142 cm³/mol. The van der Waals surface area contributed by atoms with Crippen LogP contribution in [0.1, 0.15) is 45.3 Å². The maximum atomic E-state index is 15.2. The van der Waals surface area contributed by atoms with E-state index in [0.29, 0.717) is 16.9 Å². The van der Waals surface area contributed by atoms with E-state index in [2.05, 4.69) is 36.3 Å². The molecule has 0 saturated carbocycles. The minimum absolute atomic E-state index is 0.0373. The van der Waals surface area contributed by atoms with Gasteiger partial charge in [-0.25, -0.2) is 28.7 Å². The number of hydrogen-bond acceptors (Lipinski definition) is 11. The average molecular weight is 551 g/mol. The Balaban J connectivity index is 1.49. The Morgan fingerprint density at radius 1 is 1.23 bits per heavy atom. The molecule has 10 nitrogen and oxygen atoms in total. The van der Waals surface area contributed by atoms with Gasteiger partial charge in [-0.3, -0.25) is 4.99 Å². The first-order chi connectivity index (χ1) is 18.5. The van der Waals surface area contributed by atoms with E-state index in [-0.39, 0.29) is 28.1 Å². The molecule has 4 heterocycles. The van der Waals surface area contributed by atoms with Crippen LogP contribution in [0.15, 0.2) is 52.5 Å². The standard InChI is InChI=1S/C26H24F2N8O2S/c1-13(23-32-7-8-37-23)38-19-11-33-21-18(35-19)5-6-31-22(21)34-15-9-16(20(28)17(27)10-15)26(4)14(2)25(3,12-29)39-24(30)36-26/h5-11,13-14H,1-4H3,(H2,30,36)(H,31,34)/t13-,14+,25+,26-/m0/s1. The van der Waals surface area contributed by atoms with Crippen molar-refractivity contribution in [2.45, 2.75) is 44.1 Å². The summed E-state index contributed by atoms with van der Waals surface area (Å²) in [5, 5.41) is 13.0. The van der Waals surface area contributed by atoms with Gasteiger partial charge < -0.3 is 20.2 Å². The monoisotopic (exact) mass is 550 g/mol. The Morgan fingerprint density at radius 2 is 2.03 bits per heavy atom. The molecular formula is C26H24F2N8O2S. The van der Waals surface area contributed by atoms with E-state index < -0.39 is 33.9 Å². The Hall–Kier alpha value is -4.31. The number of ether oxygens (including phenoxy) is 1. The van der Waals surface area contributed by atoms with Gasteiger partial charge >= 0.3 is 0 Å². The topological polar surface area (TPSA) is 148 Å². The van der Waals surface area contributed by atoms with Crippen molar-refractivity contribution in [1.82, 2.24) is 19.9 Å². The minimum Gasteiger partial charge on any atom is -0.464 e. The zero-order valence-electron chi connectivity index (χ0n) is 21.4. The highest BCUT2D eigenvalue weighted by Crippen LogP contribution is 2.50. The summed E-state index contributed by atoms with van der Waals surface area (Å²) in [4.78, 5) is 21.7. The molecule has 3 aromatic heterocycles. The van der Waals surface area contributed by atoms with Crippen molar-refractivity contribution in [2.24, 2.45) is 16.6 Å². The number of oxazole rings is 1. The summed E-state index contributed by atoms with van der Waals surface area (Å²) in [5.41, 5.74) is 5.74. The summed E-state index contributed by atoms with van der Waals surface area (Å²) in [6.45, 7) is 6.89. The van der Waals surface area contributed by atoms with Crippen LogP contribution >= 0.6 is 11.8 Å². The van der Waals surface area contributed by atoms with E-state index in [9.17, 15) is 9.65 Å². The Morgan fingerprint density at radius 3 is 2.74 bits per heavy atom. The van der Waals surface area contributed by atoms with Crippen molar-refractivity contribution in [3.63, 3.8) is 0 Å². The van der Waals surface area contributed by atoms with Crippen molar-refractivity contribution in [1.29, 1.82) is 5.26 Å². The first-order valence-corrected chi connectivity index (χ1v) is 12.8. The van der Waals surface area contributed by atoms with Gasteiger partial charge in [-0.05, 0) is 32.9 Å². The molecule has 13 heteroatoms. The van der Waals surface area contributed by atoms with Crippen LogP contribution in [0.5, 0.6) is 5.88 Å². The number of nitrogens with two attached hydrogens (primary N) is 1. The molecule has 4 aromatic rings. The molecule has 200 valence electrons. The zero-order valence-corrected chi connectivity index (χ0v) is 22.3. The number of nitrogens with zero attached hydrogens (tertiary/aromatic N) is 6. The number of pyridine rings is 1. The SMILES string of the molecule is C[C@H](Oc1cnc2c(Nc3cc(F)c(F)c([C@@]4(C)N=C(N)S[C@](C)(C#N)[C@H]4C)c3)nccc2n1)c1ncco1. The number of halogens is 2. The first-order valence-electron chi connectivity index (χ1n) is 11.9. The molecule has 3 N–H and O–H groups in total. The van der Waals surface area contributed by atoms with Gasteiger partial charge in [0.2, 0.25) is 11.8 Å². The van der Waals surface area contributed by atoms with E-state index in [1.807, 2.05) is 0 Å². The molecule has 0 spiro atoms. The van der Waals surface area contributed by atoms with Gasteiger partial charge in [-0.2, -0.15) is 5.26 Å². The normalized spacial score (nSPS) is 23.6. The lowest BCUT2D eigenvalue weighted by atomic mass is 9.74. The van der Waals surface area contributed by atoms with Crippen molar-refractivity contribution in [2.75, 3.05) is 5.32 Å². The quantitative estimate of drug-likeness (QED) is 0.321. The van der Waals surface area contributed by atoms with Crippen LogP contribution < -0.4 is 15.8 Å². The number of thioether (sulfide) groups is 1. The largest absolute Gasteiger partial charge is 0.464 e. The molecule has 1 aliphatic heterocycles. The first kappa shape index (κ1) is 26.3. The van der Waals surface area contributed by atoms with Crippen LogP contribution in [-0.4, -0.2) is 29.9 Å². The van der Waals surface area contributed by atoms with Crippen molar-refractivity contribution in [3.8, 4) is 11.9 Å². The molecule has 0 saturated heterocycles. The summed E-state index contributed by atoms with van der Waals surface area (Å²) < 4.78 is 40.2. The second-order valence-corrected chi connectivity index (χ2v) is 10.9. The third-order valence-corrected chi connectivity index (χ3v) is 8.09. The molecule has 5 rings (SSSR count). The Bertz CT molecular complexity index is 1630. The van der Waals surface area contributed by atoms with Crippen LogP contribution in [-0.2, 0) is 5.54 Å². The third-order valence-electron chi connectivity index (χ3n) is 6.92. The van der Waals surface area contributed by atoms with E-state index in [1.54, 1.807) is 33.8 Å². The lowest BCUT2D eigenvalue weighted by molar-refractivity contribution is 0.181. The number of fused-ring (bicyclic) bond motifs is 1. The number of benzene rings is 1. The van der Waals surface area contributed by atoms with E-state index in [1.165, 1.54) is 30.9 Å². The van der Waals surface area contributed by atoms with Crippen LogP contribution in [0.25, 0.3) is 11.0 Å². The number of anilines is 2. The summed E-state index contributed by atoms with van der Waals surface area (Å²) >= 11 is 1.11. The molecule has 4 atom stereocenters. The fourth-order valence-corrected chi connectivity index (χ4v) is 5.64. The number of nitriles is 1. The lowest BCUT2D eigenvalue weighted by Gasteiger charge is -2.43. The summed E-state index contributed by atoms with van der Waals surface area (Å²) in [5.74, 6) is -1.75. The molecule has 0 amide bonds. The van der Waals surface area contributed by atoms with E-state index >= 15 is 4.39 Å². The van der Waals surface area contributed by atoms with Gasteiger partial charge in [-0.1, -0.05) is 18.7 Å². The second kappa shape index (κ2) is 9.77. The molecule has 1 aromatic carbocycles. The van der Waals surface area contributed by atoms with Gasteiger partial charge in [0.1, 0.15) is 16.5 Å². The highest BCUT2D eigenvalue weighted by atomic mass is 32.2. The second-order valence-electron chi connectivity index (χ2n) is 9.45. The summed E-state index contributed by atoms with van der Waals surface area (Å²) in [6.07, 6.45) is 5.41. The average Bonchev–Trinajstić information content (AvgIpc) is 3.45. The van der Waals surface area contributed by atoms with Crippen LogP contribution in [0.2, 0.25) is 0 Å². The summed E-state index contributed by atoms with van der Waals surface area (Å²) in [7, 11) is 0. The highest BCUT2D eigenvalue weighted by molar-refractivity contribution is 8.15. The van der Waals surface area contributed by atoms with Gasteiger partial charge in [0, 0.05) is 29.4 Å². The van der Waals surface area contributed by atoms with E-state index in [0.717, 1.165) is 17.8 Å². The Labute approximate surface area is 226 Å². The van der Waals surface area contributed by atoms with Crippen molar-refractivity contribution < 1.29 is 17.9 Å². The number of nitrogens with one attached hydrogen (secondary N) is 1. The molecular weight excluding hydrogens is 526 g/mol. The number of rotatable bonds is 6. The van der Waals surface area contributed by atoms with E-state index in [4.69, 9.17) is 14.9 Å². The van der Waals surface area contributed by atoms with Crippen LogP contribution in [0.3, 0.4) is 0 Å². The van der Waals surface area contributed by atoms with Crippen LogP contribution in [0, 0.1) is 28.9 Å². The van der Waals surface area contributed by atoms with Gasteiger partial charge in [-0.15, -0.1) is 0 Å². The van der Waals surface area contributed by atoms with Gasteiger partial charge in [0.25, 0.3) is 0 Å². The Kier molecular flexibility index (Phi) is 6.59. The number of hydrogen-bond donors (Lipinski definition) is 2. The fraction of sp³-hybridized carbons (Fsp3) is 0.308. The summed E-state index contributed by atoms with van der Waals surface area (Å²) in [6, 6.07) is 6.36. The van der Waals surface area contributed by atoms with Gasteiger partial charge in [0.05, 0.1) is 29.5 Å². The maximum absolute atomic E-state index is 15.2. The smallest absolute Gasteiger partial charge is 0.235 e. The predicted octanol–water partition coefficient (Wildman–Crippen LogP) is 5.37. The van der Waals surface area contributed by atoms with Crippen molar-refractivity contribution in [3.05, 3.63) is 66.1 Å². The molecule has 0 aliphatic carbocycles. The highest BCUT2D eigenvalue weighted by Gasteiger charge is 2.50. The van der Waals surface area contributed by atoms with Gasteiger partial charge in [0.15, 0.2) is 28.7 Å². The molecule has 39 heavy (non-hydrogen) atoms. The lowest BCUT2D eigenvalue weighted by Crippen LogP contribution is -2.48. The molecule has 1 aliphatic rings. The molecule has 0 fully saturated rings. The fourth-order valence-electron chi connectivity index (χ4n) is 4.51. The number of aliphatic imine (C=N–C) groups is 1. The molecule has 0 unspecified atom stereocenters. The number of amidine groups is 1. The molecule has 0 radical (unpaired) electrons. The van der Waals surface area contributed by atoms with Crippen molar-refractivity contribution >= 4 is 39.5 Å². The number of aromatic nitrogens is 4. The third kappa shape index (κ3) is 4.72. The minimum atomic E-state index is -1.31. The zero-order chi connectivity index (χ0) is 27.9. The van der Waals surface area contributed by atoms with Crippen LogP contribution in [0.4, 0.5) is 20.3 Å². The maximum Gasteiger partial charge on any atom is 0.235 e.